The fraction of sp³-hybridized carbons (Fsp3) is 0.273. The van der Waals surface area contributed by atoms with E-state index in [0.717, 1.165) is 22.9 Å². The van der Waals surface area contributed by atoms with Gasteiger partial charge in [-0.05, 0) is 22.6 Å². The number of aromatic nitrogens is 4. The zero-order valence-electron chi connectivity index (χ0n) is 10.2. The van der Waals surface area contributed by atoms with Gasteiger partial charge < -0.3 is 5.43 Å². The Bertz CT molecular complexity index is 599. The third-order valence-electron chi connectivity index (χ3n) is 2.58. The van der Waals surface area contributed by atoms with Crippen molar-refractivity contribution in [1.82, 2.24) is 30.6 Å². The highest BCUT2D eigenvalue weighted by atomic mass is 15.6. The molecule has 3 rings (SSSR count). The zero-order chi connectivity index (χ0) is 12.5. The van der Waals surface area contributed by atoms with E-state index < -0.39 is 0 Å². The van der Waals surface area contributed by atoms with Crippen LogP contribution >= 0.6 is 0 Å². The summed E-state index contributed by atoms with van der Waals surface area (Å²) < 4.78 is 1.74. The Labute approximate surface area is 104 Å². The van der Waals surface area contributed by atoms with Crippen LogP contribution in [-0.4, -0.2) is 45.1 Å². The number of tetrazole rings is 1. The lowest BCUT2D eigenvalue weighted by atomic mass is 10.2. The van der Waals surface area contributed by atoms with E-state index in [1.54, 1.807) is 4.68 Å². The molecule has 7 nitrogen and oxygen atoms in total. The topological polar surface area (TPSA) is 71.2 Å². The molecule has 0 saturated carbocycles. The molecule has 0 bridgehead atoms. The van der Waals surface area contributed by atoms with Gasteiger partial charge in [-0.25, -0.2) is 14.7 Å². The number of nitrogens with one attached hydrogen (secondary N) is 1. The molecule has 1 aliphatic rings. The first-order valence-corrected chi connectivity index (χ1v) is 5.61. The van der Waals surface area contributed by atoms with Gasteiger partial charge in [-0.2, -0.15) is 0 Å². The van der Waals surface area contributed by atoms with E-state index in [1.165, 1.54) is 0 Å². The maximum Gasteiger partial charge on any atom is 0.184 e. The summed E-state index contributed by atoms with van der Waals surface area (Å²) in [4.78, 5) is 4.60. The number of hydrazine groups is 1. The van der Waals surface area contributed by atoms with Gasteiger partial charge in [-0.15, -0.1) is 5.10 Å². The minimum absolute atomic E-state index is 0.523. The lowest BCUT2D eigenvalue weighted by molar-refractivity contribution is 0.356. The third-order valence-corrected chi connectivity index (χ3v) is 2.58. The predicted molar refractivity (Wildman–Crippen MR) is 67.2 cm³/mol. The lowest BCUT2D eigenvalue weighted by Gasteiger charge is -2.14. The van der Waals surface area contributed by atoms with Crippen molar-refractivity contribution in [2.45, 2.75) is 6.54 Å². The molecule has 0 unspecified atom stereocenters. The summed E-state index contributed by atoms with van der Waals surface area (Å²) in [6.07, 6.45) is 0. The van der Waals surface area contributed by atoms with E-state index in [2.05, 4.69) is 25.9 Å². The molecule has 0 aliphatic carbocycles. The highest BCUT2D eigenvalue weighted by molar-refractivity contribution is 5.88. The van der Waals surface area contributed by atoms with E-state index in [-0.39, 0.29) is 0 Å². The van der Waals surface area contributed by atoms with Gasteiger partial charge in [0.15, 0.2) is 5.82 Å². The molecule has 1 aliphatic heterocycles. The molecule has 0 saturated heterocycles. The van der Waals surface area contributed by atoms with Gasteiger partial charge in [0.1, 0.15) is 12.4 Å². The second-order valence-corrected chi connectivity index (χ2v) is 4.24. The number of amidine groups is 1. The van der Waals surface area contributed by atoms with Crippen molar-refractivity contribution in [2.24, 2.45) is 4.99 Å². The van der Waals surface area contributed by atoms with Crippen LogP contribution in [0.25, 0.3) is 11.4 Å². The summed E-state index contributed by atoms with van der Waals surface area (Å²) in [5.74, 6) is 1.54. The summed E-state index contributed by atoms with van der Waals surface area (Å²) in [6.45, 7) is 0.523. The molecule has 18 heavy (non-hydrogen) atoms. The summed E-state index contributed by atoms with van der Waals surface area (Å²) in [6, 6.07) is 7.84. The summed E-state index contributed by atoms with van der Waals surface area (Å²) >= 11 is 0. The van der Waals surface area contributed by atoms with Crippen LogP contribution in [0.3, 0.4) is 0 Å². The summed E-state index contributed by atoms with van der Waals surface area (Å²) in [5.41, 5.74) is 4.97. The Hall–Kier alpha value is -2.28. The molecule has 1 N–H and O–H groups in total. The SMILES string of the molecule is CN(C)NC1=Nc2ccccc2-c2nnnn2C1. The number of benzene rings is 1. The van der Waals surface area contributed by atoms with E-state index in [9.17, 15) is 0 Å². The monoisotopic (exact) mass is 243 g/mol. The van der Waals surface area contributed by atoms with Crippen LogP contribution in [-0.2, 0) is 6.54 Å². The molecule has 0 fully saturated rings. The van der Waals surface area contributed by atoms with E-state index in [0.29, 0.717) is 6.54 Å². The maximum atomic E-state index is 4.60. The van der Waals surface area contributed by atoms with Crippen molar-refractivity contribution in [2.75, 3.05) is 14.1 Å². The molecular weight excluding hydrogens is 230 g/mol. The predicted octanol–water partition coefficient (Wildman–Crippen LogP) is 0.450. The first kappa shape index (κ1) is 10.8. The minimum Gasteiger partial charge on any atom is -0.306 e. The summed E-state index contributed by atoms with van der Waals surface area (Å²) in [5, 5.41) is 13.6. The molecule has 0 atom stereocenters. The second kappa shape index (κ2) is 4.19. The highest BCUT2D eigenvalue weighted by Gasteiger charge is 2.18. The molecule has 0 spiro atoms. The van der Waals surface area contributed by atoms with Gasteiger partial charge in [0.2, 0.25) is 0 Å². The number of para-hydroxylation sites is 1. The third kappa shape index (κ3) is 1.84. The number of aliphatic imine (C=N–C) groups is 1. The normalized spacial score (nSPS) is 13.6. The average Bonchev–Trinajstić information content (AvgIpc) is 2.72. The molecule has 0 radical (unpaired) electrons. The second-order valence-electron chi connectivity index (χ2n) is 4.24. The van der Waals surface area contributed by atoms with Crippen molar-refractivity contribution in [1.29, 1.82) is 0 Å². The van der Waals surface area contributed by atoms with E-state index in [4.69, 9.17) is 0 Å². The minimum atomic E-state index is 0.523. The molecule has 1 aromatic heterocycles. The van der Waals surface area contributed by atoms with E-state index >= 15 is 0 Å². The van der Waals surface area contributed by atoms with Crippen molar-refractivity contribution < 1.29 is 0 Å². The lowest BCUT2D eigenvalue weighted by Crippen LogP contribution is -2.38. The molecule has 92 valence electrons. The van der Waals surface area contributed by atoms with Crippen molar-refractivity contribution in [3.05, 3.63) is 24.3 Å². The Morgan fingerprint density at radius 2 is 2.11 bits per heavy atom. The quantitative estimate of drug-likeness (QED) is 0.736. The van der Waals surface area contributed by atoms with Gasteiger partial charge in [-0.3, -0.25) is 0 Å². The average molecular weight is 243 g/mol. The van der Waals surface area contributed by atoms with Gasteiger partial charge >= 0.3 is 0 Å². The van der Waals surface area contributed by atoms with Crippen LogP contribution in [0.4, 0.5) is 5.69 Å². The van der Waals surface area contributed by atoms with Crippen LogP contribution in [0.5, 0.6) is 0 Å². The number of nitrogens with zero attached hydrogens (tertiary/aromatic N) is 6. The molecule has 0 amide bonds. The van der Waals surface area contributed by atoms with Crippen LogP contribution in [0, 0.1) is 0 Å². The fourth-order valence-electron chi connectivity index (χ4n) is 1.91. The molecule has 2 heterocycles. The Morgan fingerprint density at radius 3 is 2.94 bits per heavy atom. The molecule has 2 aromatic rings. The van der Waals surface area contributed by atoms with Crippen molar-refractivity contribution >= 4 is 11.5 Å². The molecule has 1 aromatic carbocycles. The zero-order valence-corrected chi connectivity index (χ0v) is 10.2. The summed E-state index contributed by atoms with van der Waals surface area (Å²) in [7, 11) is 3.83. The standard InChI is InChI=1S/C11H13N7/c1-17(2)14-10-7-18-11(13-15-16-18)8-5-3-4-6-9(8)12-10/h3-6H,7H2,1-2H3,(H,12,14). The number of hydrogen-bond acceptors (Lipinski definition) is 6. The smallest absolute Gasteiger partial charge is 0.184 e. The fourth-order valence-corrected chi connectivity index (χ4v) is 1.91. The largest absolute Gasteiger partial charge is 0.306 e. The van der Waals surface area contributed by atoms with Gasteiger partial charge in [0, 0.05) is 19.7 Å². The van der Waals surface area contributed by atoms with Crippen LogP contribution in [0.1, 0.15) is 0 Å². The van der Waals surface area contributed by atoms with Gasteiger partial charge in [-0.1, -0.05) is 12.1 Å². The number of rotatable bonds is 1. The van der Waals surface area contributed by atoms with Gasteiger partial charge in [0.25, 0.3) is 0 Å². The first-order chi connectivity index (χ1) is 8.74. The van der Waals surface area contributed by atoms with Crippen molar-refractivity contribution in [3.63, 3.8) is 0 Å². The molecular formula is C11H13N7. The Kier molecular flexibility index (Phi) is 2.52. The van der Waals surface area contributed by atoms with Crippen LogP contribution in [0.15, 0.2) is 29.3 Å². The van der Waals surface area contributed by atoms with Crippen LogP contribution < -0.4 is 5.43 Å². The molecule has 7 heteroatoms. The highest BCUT2D eigenvalue weighted by Crippen LogP contribution is 2.29. The number of hydrogen-bond donors (Lipinski definition) is 1. The van der Waals surface area contributed by atoms with Gasteiger partial charge in [0.05, 0.1) is 5.69 Å². The van der Waals surface area contributed by atoms with Crippen LogP contribution in [0.2, 0.25) is 0 Å². The maximum absolute atomic E-state index is 4.60. The number of fused-ring (bicyclic) bond motifs is 3. The first-order valence-electron chi connectivity index (χ1n) is 5.61. The Balaban J connectivity index is 2.13. The Morgan fingerprint density at radius 1 is 1.28 bits per heavy atom. The van der Waals surface area contributed by atoms with E-state index in [1.807, 2.05) is 43.4 Å². The van der Waals surface area contributed by atoms with Crippen molar-refractivity contribution in [3.8, 4) is 11.4 Å².